The molecule has 1 aliphatic rings. The summed E-state index contributed by atoms with van der Waals surface area (Å²) in [5.41, 5.74) is 8.98. The number of piperidine rings is 1. The summed E-state index contributed by atoms with van der Waals surface area (Å²) in [6.45, 7) is 0.991. The van der Waals surface area contributed by atoms with Crippen LogP contribution in [0.25, 0.3) is 0 Å². The molecule has 1 unspecified atom stereocenters. The molecule has 1 fully saturated rings. The minimum absolute atomic E-state index is 0.149. The molecule has 3 heteroatoms. The summed E-state index contributed by atoms with van der Waals surface area (Å²) in [7, 11) is 1.73. The lowest BCUT2D eigenvalue weighted by Crippen LogP contribution is -2.47. The first-order valence-electron chi connectivity index (χ1n) is 7.93. The van der Waals surface area contributed by atoms with E-state index in [4.69, 9.17) is 10.5 Å². The summed E-state index contributed by atoms with van der Waals surface area (Å²) < 4.78 is 5.45. The molecule has 3 N–H and O–H groups in total. The molecule has 22 heavy (non-hydrogen) atoms. The van der Waals surface area contributed by atoms with E-state index in [9.17, 15) is 0 Å². The lowest BCUT2D eigenvalue weighted by atomic mass is 9.84. The van der Waals surface area contributed by atoms with Gasteiger partial charge in [-0.05, 0) is 42.5 Å². The lowest BCUT2D eigenvalue weighted by Gasteiger charge is -2.35. The van der Waals surface area contributed by atoms with Gasteiger partial charge in [0.05, 0.1) is 7.11 Å². The standard InChI is InChI=1S/C19H24N2O/c1-22-18-10-6-5-9-16(18)11-14-12-17(20)19(21-13-14)15-7-3-2-4-8-15/h2-10,14,17,19,21H,11-13,20H2,1H3/t14?,17-,19-/m0/s1. The van der Waals surface area contributed by atoms with Gasteiger partial charge in [-0.3, -0.25) is 0 Å². The second-order valence-corrected chi connectivity index (χ2v) is 6.08. The van der Waals surface area contributed by atoms with Gasteiger partial charge in [0.1, 0.15) is 5.75 Å². The van der Waals surface area contributed by atoms with Crippen LogP contribution in [-0.4, -0.2) is 19.7 Å². The Morgan fingerprint density at radius 3 is 2.55 bits per heavy atom. The van der Waals surface area contributed by atoms with Crippen molar-refractivity contribution < 1.29 is 4.74 Å². The van der Waals surface area contributed by atoms with Crippen molar-refractivity contribution in [3.05, 3.63) is 65.7 Å². The van der Waals surface area contributed by atoms with E-state index in [1.807, 2.05) is 18.2 Å². The third-order valence-corrected chi connectivity index (χ3v) is 4.52. The van der Waals surface area contributed by atoms with Gasteiger partial charge in [0, 0.05) is 12.1 Å². The Bertz CT molecular complexity index is 599. The molecule has 0 aromatic heterocycles. The van der Waals surface area contributed by atoms with Crippen LogP contribution in [0.5, 0.6) is 5.75 Å². The van der Waals surface area contributed by atoms with E-state index in [0.29, 0.717) is 5.92 Å². The monoisotopic (exact) mass is 296 g/mol. The number of benzene rings is 2. The Balaban J connectivity index is 1.65. The first-order chi connectivity index (χ1) is 10.8. The molecule has 1 heterocycles. The summed E-state index contributed by atoms with van der Waals surface area (Å²) in [5.74, 6) is 1.52. The van der Waals surface area contributed by atoms with E-state index < -0.39 is 0 Å². The molecule has 2 aromatic carbocycles. The van der Waals surface area contributed by atoms with Crippen LogP contribution in [0.2, 0.25) is 0 Å². The number of methoxy groups -OCH3 is 1. The zero-order valence-corrected chi connectivity index (χ0v) is 13.0. The number of nitrogens with two attached hydrogens (primary N) is 1. The Morgan fingerprint density at radius 2 is 1.82 bits per heavy atom. The summed E-state index contributed by atoms with van der Waals surface area (Å²) in [6, 6.07) is 19.2. The third-order valence-electron chi connectivity index (χ3n) is 4.52. The van der Waals surface area contributed by atoms with Crippen LogP contribution in [0.1, 0.15) is 23.6 Å². The molecule has 0 radical (unpaired) electrons. The minimum atomic E-state index is 0.149. The van der Waals surface area contributed by atoms with Crippen molar-refractivity contribution in [3.8, 4) is 5.75 Å². The number of hydrogen-bond acceptors (Lipinski definition) is 3. The van der Waals surface area contributed by atoms with E-state index in [2.05, 4.69) is 41.7 Å². The summed E-state index contributed by atoms with van der Waals surface area (Å²) in [6.07, 6.45) is 2.04. The second-order valence-electron chi connectivity index (χ2n) is 6.08. The van der Waals surface area contributed by atoms with Gasteiger partial charge in [0.25, 0.3) is 0 Å². The highest BCUT2D eigenvalue weighted by atomic mass is 16.5. The van der Waals surface area contributed by atoms with E-state index in [-0.39, 0.29) is 12.1 Å². The van der Waals surface area contributed by atoms with Crippen molar-refractivity contribution >= 4 is 0 Å². The molecule has 0 bridgehead atoms. The first-order valence-corrected chi connectivity index (χ1v) is 7.93. The van der Waals surface area contributed by atoms with Gasteiger partial charge in [-0.25, -0.2) is 0 Å². The van der Waals surface area contributed by atoms with Crippen molar-refractivity contribution in [1.82, 2.24) is 5.32 Å². The molecule has 3 atom stereocenters. The molecule has 1 aliphatic heterocycles. The van der Waals surface area contributed by atoms with Crippen LogP contribution in [0.4, 0.5) is 0 Å². The van der Waals surface area contributed by atoms with Crippen LogP contribution >= 0.6 is 0 Å². The highest BCUT2D eigenvalue weighted by Gasteiger charge is 2.28. The average molecular weight is 296 g/mol. The normalized spacial score (nSPS) is 24.9. The molecule has 0 saturated carbocycles. The van der Waals surface area contributed by atoms with Crippen LogP contribution in [0.3, 0.4) is 0 Å². The predicted octanol–water partition coefficient (Wildman–Crippen LogP) is 2.92. The van der Waals surface area contributed by atoms with Crippen LogP contribution in [0.15, 0.2) is 54.6 Å². The van der Waals surface area contributed by atoms with Crippen LogP contribution in [-0.2, 0) is 6.42 Å². The van der Waals surface area contributed by atoms with E-state index in [1.54, 1.807) is 7.11 Å². The predicted molar refractivity (Wildman–Crippen MR) is 90.0 cm³/mol. The smallest absolute Gasteiger partial charge is 0.122 e. The maximum atomic E-state index is 6.43. The van der Waals surface area contributed by atoms with Gasteiger partial charge in [-0.1, -0.05) is 48.5 Å². The molecule has 3 nitrogen and oxygen atoms in total. The number of rotatable bonds is 4. The van der Waals surface area contributed by atoms with E-state index in [1.165, 1.54) is 11.1 Å². The Hall–Kier alpha value is -1.84. The number of nitrogens with one attached hydrogen (secondary N) is 1. The number of hydrogen-bond donors (Lipinski definition) is 2. The summed E-state index contributed by atoms with van der Waals surface area (Å²) in [5, 5.41) is 3.63. The largest absolute Gasteiger partial charge is 0.496 e. The number of ether oxygens (including phenoxy) is 1. The zero-order chi connectivity index (χ0) is 15.4. The fourth-order valence-corrected chi connectivity index (χ4v) is 3.41. The summed E-state index contributed by atoms with van der Waals surface area (Å²) >= 11 is 0. The SMILES string of the molecule is COc1ccccc1CC1CN[C@@H](c2ccccc2)[C@@H](N)C1. The zero-order valence-electron chi connectivity index (χ0n) is 13.0. The molecule has 0 aliphatic carbocycles. The van der Waals surface area contributed by atoms with Crippen molar-refractivity contribution in [1.29, 1.82) is 0 Å². The van der Waals surface area contributed by atoms with Gasteiger partial charge in [-0.2, -0.15) is 0 Å². The molecule has 2 aromatic rings. The summed E-state index contributed by atoms with van der Waals surface area (Å²) in [4.78, 5) is 0. The van der Waals surface area contributed by atoms with Crippen molar-refractivity contribution in [2.45, 2.75) is 24.9 Å². The first kappa shape index (κ1) is 15.1. The molecule has 1 saturated heterocycles. The topological polar surface area (TPSA) is 47.3 Å². The molecule has 116 valence electrons. The van der Waals surface area contributed by atoms with Gasteiger partial charge in [0.15, 0.2) is 0 Å². The maximum absolute atomic E-state index is 6.43. The van der Waals surface area contributed by atoms with Gasteiger partial charge >= 0.3 is 0 Å². The van der Waals surface area contributed by atoms with E-state index >= 15 is 0 Å². The van der Waals surface area contributed by atoms with Gasteiger partial charge in [0.2, 0.25) is 0 Å². The van der Waals surface area contributed by atoms with Crippen molar-refractivity contribution in [2.75, 3.05) is 13.7 Å². The van der Waals surface area contributed by atoms with Crippen LogP contribution in [0, 0.1) is 5.92 Å². The van der Waals surface area contributed by atoms with Gasteiger partial charge < -0.3 is 15.8 Å². The minimum Gasteiger partial charge on any atom is -0.496 e. The molecule has 3 rings (SSSR count). The van der Waals surface area contributed by atoms with Crippen molar-refractivity contribution in [3.63, 3.8) is 0 Å². The van der Waals surface area contributed by atoms with Crippen LogP contribution < -0.4 is 15.8 Å². The lowest BCUT2D eigenvalue weighted by molar-refractivity contribution is 0.273. The Labute approximate surface area is 132 Å². The third kappa shape index (κ3) is 3.32. The molecule has 0 amide bonds. The van der Waals surface area contributed by atoms with Gasteiger partial charge in [-0.15, -0.1) is 0 Å². The molecular weight excluding hydrogens is 272 g/mol. The highest BCUT2D eigenvalue weighted by Crippen LogP contribution is 2.29. The molecule has 0 spiro atoms. The Kier molecular flexibility index (Phi) is 4.76. The number of para-hydroxylation sites is 1. The average Bonchev–Trinajstić information content (AvgIpc) is 2.56. The fourth-order valence-electron chi connectivity index (χ4n) is 3.41. The Morgan fingerprint density at radius 1 is 1.09 bits per heavy atom. The van der Waals surface area contributed by atoms with Crippen molar-refractivity contribution in [2.24, 2.45) is 11.7 Å². The quantitative estimate of drug-likeness (QED) is 0.912. The molecular formula is C19H24N2O. The highest BCUT2D eigenvalue weighted by molar-refractivity contribution is 5.33. The van der Waals surface area contributed by atoms with E-state index in [0.717, 1.165) is 25.1 Å². The maximum Gasteiger partial charge on any atom is 0.122 e. The second kappa shape index (κ2) is 6.95. The fraction of sp³-hybridized carbons (Fsp3) is 0.368.